The summed E-state index contributed by atoms with van der Waals surface area (Å²) < 4.78 is 28.3. The van der Waals surface area contributed by atoms with E-state index >= 15 is 0 Å². The van der Waals surface area contributed by atoms with Crippen LogP contribution in [0, 0.1) is 0 Å². The molecule has 1 aliphatic rings. The van der Waals surface area contributed by atoms with Gasteiger partial charge in [0.2, 0.25) is 0 Å². The van der Waals surface area contributed by atoms with Gasteiger partial charge in [0.05, 0.1) is 11.5 Å². The maximum atomic E-state index is 11.4. The lowest BCUT2D eigenvalue weighted by molar-refractivity contribution is 0.0851. The first-order valence-corrected chi connectivity index (χ1v) is 8.99. The smallest absolute Gasteiger partial charge is 0.175 e. The van der Waals surface area contributed by atoms with Crippen molar-refractivity contribution in [2.75, 3.05) is 26.5 Å². The number of ether oxygens (including phenoxy) is 1. The fourth-order valence-electron chi connectivity index (χ4n) is 2.10. The molecule has 0 aliphatic carbocycles. The van der Waals surface area contributed by atoms with Gasteiger partial charge in [-0.05, 0) is 37.7 Å². The molecule has 6 heteroatoms. The van der Waals surface area contributed by atoms with Crippen LogP contribution in [0.1, 0.15) is 6.42 Å². The van der Waals surface area contributed by atoms with Gasteiger partial charge < -0.3 is 10.1 Å². The van der Waals surface area contributed by atoms with E-state index in [0.29, 0.717) is 16.2 Å². The molecule has 0 aromatic heterocycles. The lowest BCUT2D eigenvalue weighted by atomic mass is 10.1. The van der Waals surface area contributed by atoms with Crippen molar-refractivity contribution in [3.05, 3.63) is 24.3 Å². The third kappa shape index (κ3) is 3.95. The van der Waals surface area contributed by atoms with Crippen molar-refractivity contribution >= 4 is 21.6 Å². The zero-order valence-electron chi connectivity index (χ0n) is 11.1. The molecular formula is C13H19NO3S2. The second-order valence-electron chi connectivity index (χ2n) is 4.66. The molecule has 4 nitrogen and oxygen atoms in total. The highest BCUT2D eigenvalue weighted by atomic mass is 32.2. The Morgan fingerprint density at radius 1 is 1.32 bits per heavy atom. The van der Waals surface area contributed by atoms with Gasteiger partial charge in [-0.3, -0.25) is 0 Å². The predicted octanol–water partition coefficient (Wildman–Crippen LogP) is 1.56. The minimum absolute atomic E-state index is 0.363. The van der Waals surface area contributed by atoms with E-state index in [1.807, 2.05) is 19.2 Å². The molecule has 0 bridgehead atoms. The van der Waals surface area contributed by atoms with Crippen molar-refractivity contribution in [3.63, 3.8) is 0 Å². The number of hydrogen-bond donors (Lipinski definition) is 1. The largest absolute Gasteiger partial charge is 0.380 e. The summed E-state index contributed by atoms with van der Waals surface area (Å²) in [6.45, 7) is 1.53. The van der Waals surface area contributed by atoms with Crippen LogP contribution >= 0.6 is 11.8 Å². The normalized spacial score (nSPS) is 24.3. The van der Waals surface area contributed by atoms with Crippen LogP contribution in [0.3, 0.4) is 0 Å². The summed E-state index contributed by atoms with van der Waals surface area (Å²) in [5.74, 6) is 0. The molecular weight excluding hydrogens is 282 g/mol. The van der Waals surface area contributed by atoms with Crippen LogP contribution in [0.5, 0.6) is 0 Å². The third-order valence-corrected chi connectivity index (χ3v) is 5.65. The summed E-state index contributed by atoms with van der Waals surface area (Å²) in [4.78, 5) is 1.44. The first kappa shape index (κ1) is 14.8. The fourth-order valence-corrected chi connectivity index (χ4v) is 3.97. The Morgan fingerprint density at radius 2 is 2.00 bits per heavy atom. The summed E-state index contributed by atoms with van der Waals surface area (Å²) in [7, 11) is -1.15. The van der Waals surface area contributed by atoms with Gasteiger partial charge in [0, 0.05) is 29.0 Å². The van der Waals surface area contributed by atoms with Crippen LogP contribution in [0.4, 0.5) is 0 Å². The average molecular weight is 301 g/mol. The predicted molar refractivity (Wildman–Crippen MR) is 77.5 cm³/mol. The van der Waals surface area contributed by atoms with Crippen LogP contribution in [-0.4, -0.2) is 46.2 Å². The highest BCUT2D eigenvalue weighted by molar-refractivity contribution is 8.00. The molecule has 2 unspecified atom stereocenters. The van der Waals surface area contributed by atoms with E-state index in [1.54, 1.807) is 23.9 Å². The Kier molecular flexibility index (Phi) is 4.89. The molecule has 2 rings (SSSR count). The van der Waals surface area contributed by atoms with Crippen LogP contribution in [0.2, 0.25) is 0 Å². The van der Waals surface area contributed by atoms with E-state index in [-0.39, 0.29) is 0 Å². The lowest BCUT2D eigenvalue weighted by Crippen LogP contribution is -2.43. The van der Waals surface area contributed by atoms with Gasteiger partial charge in [0.25, 0.3) is 0 Å². The monoisotopic (exact) mass is 301 g/mol. The first-order chi connectivity index (χ1) is 9.00. The lowest BCUT2D eigenvalue weighted by Gasteiger charge is -2.30. The zero-order chi connectivity index (χ0) is 13.9. The van der Waals surface area contributed by atoms with Gasteiger partial charge in [0.1, 0.15) is 0 Å². The quantitative estimate of drug-likeness (QED) is 0.914. The van der Waals surface area contributed by atoms with Gasteiger partial charge in [-0.2, -0.15) is 0 Å². The molecule has 1 saturated heterocycles. The first-order valence-electron chi connectivity index (χ1n) is 6.22. The van der Waals surface area contributed by atoms with E-state index in [9.17, 15) is 8.42 Å². The molecule has 1 N–H and O–H groups in total. The summed E-state index contributed by atoms with van der Waals surface area (Å²) >= 11 is 1.73. The van der Waals surface area contributed by atoms with E-state index in [0.717, 1.165) is 24.5 Å². The molecule has 1 aromatic carbocycles. The molecule has 1 aliphatic heterocycles. The van der Waals surface area contributed by atoms with Gasteiger partial charge in [-0.1, -0.05) is 0 Å². The molecule has 0 amide bonds. The molecule has 2 atom stereocenters. The zero-order valence-corrected chi connectivity index (χ0v) is 12.8. The number of hydrogen-bond acceptors (Lipinski definition) is 5. The summed E-state index contributed by atoms with van der Waals surface area (Å²) in [5, 5.41) is 3.68. The maximum absolute atomic E-state index is 11.4. The Labute approximate surface area is 118 Å². The summed E-state index contributed by atoms with van der Waals surface area (Å²) in [5.41, 5.74) is 0. The molecule has 0 spiro atoms. The highest BCUT2D eigenvalue weighted by Crippen LogP contribution is 2.29. The number of thioether (sulfide) groups is 1. The van der Waals surface area contributed by atoms with Gasteiger partial charge in [0.15, 0.2) is 9.84 Å². The summed E-state index contributed by atoms with van der Waals surface area (Å²) in [6, 6.07) is 7.49. The van der Waals surface area contributed by atoms with E-state index in [4.69, 9.17) is 4.74 Å². The van der Waals surface area contributed by atoms with Crippen molar-refractivity contribution in [2.45, 2.75) is 27.5 Å². The second kappa shape index (κ2) is 6.26. The molecule has 1 fully saturated rings. The van der Waals surface area contributed by atoms with Gasteiger partial charge in [-0.15, -0.1) is 11.8 Å². The SMILES string of the molecule is CNC1CCOCC1Sc1ccc(S(C)(=O)=O)cc1. The standard InChI is InChI=1S/C13H19NO3S2/c1-14-12-7-8-17-9-13(12)18-10-3-5-11(6-4-10)19(2,15)16/h3-6,12-14H,7-9H2,1-2H3. The highest BCUT2D eigenvalue weighted by Gasteiger charge is 2.25. The van der Waals surface area contributed by atoms with E-state index in [1.165, 1.54) is 6.26 Å². The molecule has 0 radical (unpaired) electrons. The van der Waals surface area contributed by atoms with E-state index in [2.05, 4.69) is 5.32 Å². The minimum Gasteiger partial charge on any atom is -0.380 e. The van der Waals surface area contributed by atoms with Crippen LogP contribution in [0.15, 0.2) is 34.1 Å². The second-order valence-corrected chi connectivity index (χ2v) is 7.99. The van der Waals surface area contributed by atoms with Crippen molar-refractivity contribution in [3.8, 4) is 0 Å². The molecule has 106 valence electrons. The van der Waals surface area contributed by atoms with Crippen LogP contribution in [-0.2, 0) is 14.6 Å². The third-order valence-electron chi connectivity index (χ3n) is 3.21. The molecule has 19 heavy (non-hydrogen) atoms. The number of benzene rings is 1. The Bertz CT molecular complexity index is 513. The van der Waals surface area contributed by atoms with E-state index < -0.39 is 9.84 Å². The fraction of sp³-hybridized carbons (Fsp3) is 0.538. The van der Waals surface area contributed by atoms with Crippen LogP contribution < -0.4 is 5.32 Å². The van der Waals surface area contributed by atoms with Gasteiger partial charge >= 0.3 is 0 Å². The maximum Gasteiger partial charge on any atom is 0.175 e. The average Bonchev–Trinajstić information content (AvgIpc) is 2.39. The Balaban J connectivity index is 2.06. The van der Waals surface area contributed by atoms with Crippen molar-refractivity contribution < 1.29 is 13.2 Å². The van der Waals surface area contributed by atoms with Gasteiger partial charge in [-0.25, -0.2) is 8.42 Å². The van der Waals surface area contributed by atoms with Crippen molar-refractivity contribution in [2.24, 2.45) is 0 Å². The number of rotatable bonds is 4. The Hall–Kier alpha value is -0.560. The molecule has 1 heterocycles. The number of nitrogens with one attached hydrogen (secondary N) is 1. The summed E-state index contributed by atoms with van der Waals surface area (Å²) in [6.07, 6.45) is 2.23. The van der Waals surface area contributed by atoms with Crippen molar-refractivity contribution in [1.29, 1.82) is 0 Å². The minimum atomic E-state index is -3.11. The van der Waals surface area contributed by atoms with Crippen molar-refractivity contribution in [1.82, 2.24) is 5.32 Å². The number of sulfone groups is 1. The Morgan fingerprint density at radius 3 is 2.58 bits per heavy atom. The molecule has 0 saturated carbocycles. The van der Waals surface area contributed by atoms with Crippen LogP contribution in [0.25, 0.3) is 0 Å². The topological polar surface area (TPSA) is 55.4 Å². The molecule has 1 aromatic rings.